The summed E-state index contributed by atoms with van der Waals surface area (Å²) in [7, 11) is 0. The lowest BCUT2D eigenvalue weighted by Crippen LogP contribution is -2.41. The van der Waals surface area contributed by atoms with Gasteiger partial charge in [-0.1, -0.05) is 28.1 Å². The van der Waals surface area contributed by atoms with E-state index in [-0.39, 0.29) is 6.42 Å². The van der Waals surface area contributed by atoms with Crippen molar-refractivity contribution in [3.05, 3.63) is 34.3 Å². The van der Waals surface area contributed by atoms with Gasteiger partial charge in [-0.15, -0.1) is 0 Å². The van der Waals surface area contributed by atoms with Gasteiger partial charge in [0, 0.05) is 17.4 Å². The molecule has 3 nitrogen and oxygen atoms in total. The van der Waals surface area contributed by atoms with Crippen LogP contribution in [0.25, 0.3) is 0 Å². The number of hydrogen-bond donors (Lipinski definition) is 2. The van der Waals surface area contributed by atoms with E-state index in [1.165, 1.54) is 0 Å². The quantitative estimate of drug-likeness (QED) is 0.890. The fraction of sp³-hybridized carbons (Fsp3) is 0.364. The molecular weight excluding hydrogens is 315 g/mol. The van der Waals surface area contributed by atoms with E-state index in [2.05, 4.69) is 15.9 Å². The number of carbonyl (C=O) groups excluding carboxylic acids is 1. The first-order chi connectivity index (χ1) is 8.29. The number of alkyl halides is 3. The van der Waals surface area contributed by atoms with Crippen LogP contribution in [0.15, 0.2) is 28.7 Å². The molecule has 2 N–H and O–H groups in total. The minimum atomic E-state index is -4.92. The van der Waals surface area contributed by atoms with E-state index >= 15 is 0 Å². The van der Waals surface area contributed by atoms with Gasteiger partial charge in [-0.2, -0.15) is 13.2 Å². The molecule has 0 fully saturated rings. The molecule has 1 aromatic rings. The standard InChI is InChI=1S/C11H11BrF3NO2/c12-8-3-1-2-7(4-8)5-9(17)6-16-10(18)11(13,14)15/h1-4,9,17H,5-6H2,(H,16,18). The van der Waals surface area contributed by atoms with Crippen molar-refractivity contribution in [2.24, 2.45) is 0 Å². The van der Waals surface area contributed by atoms with Crippen LogP contribution < -0.4 is 5.32 Å². The Labute approximate surface area is 110 Å². The van der Waals surface area contributed by atoms with Crippen LogP contribution >= 0.6 is 15.9 Å². The first-order valence-electron chi connectivity index (χ1n) is 5.06. The predicted molar refractivity (Wildman–Crippen MR) is 62.9 cm³/mol. The van der Waals surface area contributed by atoms with E-state index in [4.69, 9.17) is 0 Å². The Morgan fingerprint density at radius 2 is 2.11 bits per heavy atom. The van der Waals surface area contributed by atoms with Crippen LogP contribution in [0.3, 0.4) is 0 Å². The predicted octanol–water partition coefficient (Wildman–Crippen LogP) is 2.03. The summed E-state index contributed by atoms with van der Waals surface area (Å²) in [5, 5.41) is 11.1. The molecule has 0 aliphatic heterocycles. The van der Waals surface area contributed by atoms with Gasteiger partial charge in [0.25, 0.3) is 0 Å². The van der Waals surface area contributed by atoms with E-state index in [9.17, 15) is 23.1 Å². The van der Waals surface area contributed by atoms with E-state index in [0.717, 1.165) is 10.0 Å². The first kappa shape index (κ1) is 15.0. The SMILES string of the molecule is O=C(NCC(O)Cc1cccc(Br)c1)C(F)(F)F. The highest BCUT2D eigenvalue weighted by Gasteiger charge is 2.38. The molecule has 0 bridgehead atoms. The van der Waals surface area contributed by atoms with Gasteiger partial charge in [-0.3, -0.25) is 4.79 Å². The van der Waals surface area contributed by atoms with Crippen molar-refractivity contribution in [2.45, 2.75) is 18.7 Å². The number of aliphatic hydroxyl groups excluding tert-OH is 1. The lowest BCUT2D eigenvalue weighted by atomic mass is 10.1. The van der Waals surface area contributed by atoms with Crippen molar-refractivity contribution in [1.29, 1.82) is 0 Å². The largest absolute Gasteiger partial charge is 0.471 e. The third-order valence-electron chi connectivity index (χ3n) is 2.12. The van der Waals surface area contributed by atoms with Crippen LogP contribution in [0.4, 0.5) is 13.2 Å². The minimum absolute atomic E-state index is 0.164. The van der Waals surface area contributed by atoms with Crippen molar-refractivity contribution < 1.29 is 23.1 Å². The third kappa shape index (κ3) is 5.05. The molecule has 0 aromatic heterocycles. The molecule has 100 valence electrons. The molecule has 7 heteroatoms. The molecule has 0 heterocycles. The van der Waals surface area contributed by atoms with Gasteiger partial charge in [-0.05, 0) is 17.7 Å². The van der Waals surface area contributed by atoms with Crippen molar-refractivity contribution in [3.8, 4) is 0 Å². The summed E-state index contributed by atoms with van der Waals surface area (Å²) in [5.74, 6) is -2.05. The van der Waals surface area contributed by atoms with Crippen molar-refractivity contribution in [3.63, 3.8) is 0 Å². The molecule has 1 unspecified atom stereocenters. The van der Waals surface area contributed by atoms with Gasteiger partial charge >= 0.3 is 12.1 Å². The summed E-state index contributed by atoms with van der Waals surface area (Å²) in [6, 6.07) is 7.02. The summed E-state index contributed by atoms with van der Waals surface area (Å²) in [5.41, 5.74) is 0.762. The van der Waals surface area contributed by atoms with Gasteiger partial charge in [-0.25, -0.2) is 0 Å². The zero-order chi connectivity index (χ0) is 13.8. The summed E-state index contributed by atoms with van der Waals surface area (Å²) in [4.78, 5) is 10.5. The number of benzene rings is 1. The lowest BCUT2D eigenvalue weighted by Gasteiger charge is -2.13. The maximum atomic E-state index is 11.9. The first-order valence-corrected chi connectivity index (χ1v) is 5.86. The second-order valence-electron chi connectivity index (χ2n) is 3.70. The Hall–Kier alpha value is -1.08. The van der Waals surface area contributed by atoms with Gasteiger partial charge in [0.15, 0.2) is 0 Å². The monoisotopic (exact) mass is 325 g/mol. The Morgan fingerprint density at radius 3 is 2.67 bits per heavy atom. The summed E-state index contributed by atoms with van der Waals surface area (Å²) in [6.45, 7) is -0.440. The van der Waals surface area contributed by atoms with Crippen LogP contribution in [-0.4, -0.2) is 29.8 Å². The minimum Gasteiger partial charge on any atom is -0.391 e. The third-order valence-corrected chi connectivity index (χ3v) is 2.61. The summed E-state index contributed by atoms with van der Waals surface area (Å²) < 4.78 is 36.5. The van der Waals surface area contributed by atoms with Crippen molar-refractivity contribution in [2.75, 3.05) is 6.54 Å². The number of aliphatic hydroxyl groups is 1. The number of halogens is 4. The molecule has 0 saturated heterocycles. The number of amides is 1. The lowest BCUT2D eigenvalue weighted by molar-refractivity contribution is -0.173. The Kier molecular flexibility index (Phi) is 5.15. The van der Waals surface area contributed by atoms with Crippen molar-refractivity contribution in [1.82, 2.24) is 5.32 Å². The Balaban J connectivity index is 2.43. The fourth-order valence-corrected chi connectivity index (χ4v) is 1.77. The summed E-state index contributed by atoms with van der Waals surface area (Å²) >= 11 is 3.24. The second kappa shape index (κ2) is 6.19. The molecule has 0 aliphatic rings. The average molecular weight is 326 g/mol. The molecule has 1 aromatic carbocycles. The Morgan fingerprint density at radius 1 is 1.44 bits per heavy atom. The Bertz CT molecular complexity index is 423. The van der Waals surface area contributed by atoms with E-state index in [0.29, 0.717) is 0 Å². The second-order valence-corrected chi connectivity index (χ2v) is 4.61. The highest BCUT2D eigenvalue weighted by molar-refractivity contribution is 9.10. The average Bonchev–Trinajstić information content (AvgIpc) is 2.24. The summed E-state index contributed by atoms with van der Waals surface area (Å²) in [6.07, 6.45) is -5.82. The smallest absolute Gasteiger partial charge is 0.391 e. The topological polar surface area (TPSA) is 49.3 Å². The van der Waals surface area contributed by atoms with E-state index in [1.54, 1.807) is 29.6 Å². The zero-order valence-electron chi connectivity index (χ0n) is 9.17. The maximum Gasteiger partial charge on any atom is 0.471 e. The molecule has 0 aliphatic carbocycles. The zero-order valence-corrected chi connectivity index (χ0v) is 10.8. The normalized spacial score (nSPS) is 13.2. The van der Waals surface area contributed by atoms with Gasteiger partial charge < -0.3 is 10.4 Å². The molecular formula is C11H11BrF3NO2. The van der Waals surface area contributed by atoms with Crippen LogP contribution in [0.2, 0.25) is 0 Å². The van der Waals surface area contributed by atoms with Crippen LogP contribution in [-0.2, 0) is 11.2 Å². The molecule has 0 spiro atoms. The van der Waals surface area contributed by atoms with Gasteiger partial charge in [0.1, 0.15) is 0 Å². The number of rotatable bonds is 4. The highest BCUT2D eigenvalue weighted by Crippen LogP contribution is 2.15. The fourth-order valence-electron chi connectivity index (χ4n) is 1.32. The van der Waals surface area contributed by atoms with Crippen molar-refractivity contribution >= 4 is 21.8 Å². The van der Waals surface area contributed by atoms with E-state index in [1.807, 2.05) is 0 Å². The molecule has 0 radical (unpaired) electrons. The molecule has 1 rings (SSSR count). The number of nitrogens with one attached hydrogen (secondary N) is 1. The molecule has 1 amide bonds. The van der Waals surface area contributed by atoms with Crippen LogP contribution in [0, 0.1) is 0 Å². The molecule has 18 heavy (non-hydrogen) atoms. The van der Waals surface area contributed by atoms with E-state index < -0.39 is 24.7 Å². The number of hydrogen-bond acceptors (Lipinski definition) is 2. The van der Waals surface area contributed by atoms with Gasteiger partial charge in [0.2, 0.25) is 0 Å². The number of carbonyl (C=O) groups is 1. The van der Waals surface area contributed by atoms with Crippen LogP contribution in [0.1, 0.15) is 5.56 Å². The highest BCUT2D eigenvalue weighted by atomic mass is 79.9. The maximum absolute atomic E-state index is 11.9. The molecule has 0 saturated carbocycles. The van der Waals surface area contributed by atoms with Crippen LogP contribution in [0.5, 0.6) is 0 Å². The van der Waals surface area contributed by atoms with Gasteiger partial charge in [0.05, 0.1) is 6.10 Å². The molecule has 1 atom stereocenters.